The van der Waals surface area contributed by atoms with Gasteiger partial charge in [0.15, 0.2) is 0 Å². The summed E-state index contributed by atoms with van der Waals surface area (Å²) in [5.41, 5.74) is 0.486. The molecule has 0 radical (unpaired) electrons. The number of hydrogen-bond acceptors (Lipinski definition) is 3. The van der Waals surface area contributed by atoms with Crippen LogP contribution in [0.2, 0.25) is 0 Å². The minimum atomic E-state index is -3.85. The molecule has 1 unspecified atom stereocenters. The number of aryl methyl sites for hydroxylation is 1. The molecule has 1 atom stereocenters. The number of terminal acetylenes is 1. The highest BCUT2D eigenvalue weighted by molar-refractivity contribution is 7.89. The molecule has 2 N–H and O–H groups in total. The molecule has 0 bridgehead atoms. The number of sulfonamides is 1. The second kappa shape index (κ2) is 7.25. The predicted octanol–water partition coefficient (Wildman–Crippen LogP) is 2.03. The third-order valence-corrected chi connectivity index (χ3v) is 4.61. The van der Waals surface area contributed by atoms with Crippen LogP contribution in [-0.2, 0) is 16.4 Å². The van der Waals surface area contributed by atoms with Gasteiger partial charge in [0.2, 0.25) is 10.0 Å². The Morgan fingerprint density at radius 2 is 2.10 bits per heavy atom. The highest BCUT2D eigenvalue weighted by Crippen LogP contribution is 2.19. The lowest BCUT2D eigenvalue weighted by molar-refractivity contribution is 0.0696. The predicted molar refractivity (Wildman–Crippen MR) is 80.6 cm³/mol. The molecule has 0 saturated heterocycles. The van der Waals surface area contributed by atoms with Crippen molar-refractivity contribution in [3.63, 3.8) is 0 Å². The average Bonchev–Trinajstić information content (AvgIpc) is 2.45. The van der Waals surface area contributed by atoms with E-state index in [1.54, 1.807) is 6.92 Å². The summed E-state index contributed by atoms with van der Waals surface area (Å²) in [6.45, 7) is 3.71. The normalized spacial score (nSPS) is 12.6. The highest BCUT2D eigenvalue weighted by atomic mass is 32.2. The smallest absolute Gasteiger partial charge is 0.335 e. The maximum Gasteiger partial charge on any atom is 0.335 e. The maximum absolute atomic E-state index is 12.4. The largest absolute Gasteiger partial charge is 0.478 e. The van der Waals surface area contributed by atoms with Crippen LogP contribution >= 0.6 is 0 Å². The maximum atomic E-state index is 12.4. The minimum absolute atomic E-state index is 0.0266. The van der Waals surface area contributed by atoms with E-state index >= 15 is 0 Å². The van der Waals surface area contributed by atoms with Gasteiger partial charge in [-0.25, -0.2) is 13.2 Å². The van der Waals surface area contributed by atoms with Crippen molar-refractivity contribution in [3.8, 4) is 12.3 Å². The van der Waals surface area contributed by atoms with Gasteiger partial charge in [-0.1, -0.05) is 32.3 Å². The number of nitrogens with one attached hydrogen (secondary N) is 1. The summed E-state index contributed by atoms with van der Waals surface area (Å²) in [6.07, 6.45) is 7.07. The first kappa shape index (κ1) is 17.2. The van der Waals surface area contributed by atoms with E-state index in [0.717, 1.165) is 6.42 Å². The van der Waals surface area contributed by atoms with E-state index in [0.29, 0.717) is 18.4 Å². The molecule has 5 nitrogen and oxygen atoms in total. The van der Waals surface area contributed by atoms with E-state index < -0.39 is 22.0 Å². The average molecular weight is 309 g/mol. The number of carboxylic acid groups (broad SMARTS) is 1. The molecule has 114 valence electrons. The Morgan fingerprint density at radius 1 is 1.43 bits per heavy atom. The van der Waals surface area contributed by atoms with Gasteiger partial charge >= 0.3 is 5.97 Å². The summed E-state index contributed by atoms with van der Waals surface area (Å²) in [7, 11) is -3.85. The van der Waals surface area contributed by atoms with Crippen molar-refractivity contribution in [1.29, 1.82) is 0 Å². The second-order valence-electron chi connectivity index (χ2n) is 4.61. The molecular formula is C15H19NO4S. The first-order chi connectivity index (χ1) is 9.85. The van der Waals surface area contributed by atoms with E-state index in [1.807, 2.05) is 6.92 Å². The molecule has 1 aromatic rings. The molecule has 0 aromatic heterocycles. The number of rotatable bonds is 7. The highest BCUT2D eigenvalue weighted by Gasteiger charge is 2.22. The standard InChI is InChI=1S/C15H19NO4S/c1-4-7-13(6-3)16-21(19,20)14-10-12(15(17)18)9-8-11(14)5-2/h3,8-10,13,16H,4-5,7H2,1-2H3,(H,17,18). The molecule has 6 heteroatoms. The molecule has 0 heterocycles. The Labute approximate surface area is 125 Å². The fraction of sp³-hybridized carbons (Fsp3) is 0.400. The number of aromatic carboxylic acids is 1. The van der Waals surface area contributed by atoms with Crippen molar-refractivity contribution in [2.45, 2.75) is 44.0 Å². The quantitative estimate of drug-likeness (QED) is 0.755. The van der Waals surface area contributed by atoms with Gasteiger partial charge in [-0.05, 0) is 30.5 Å². The van der Waals surface area contributed by atoms with Crippen LogP contribution in [-0.4, -0.2) is 25.5 Å². The number of carboxylic acids is 1. The lowest BCUT2D eigenvalue weighted by atomic mass is 10.1. The van der Waals surface area contributed by atoms with Gasteiger partial charge in [-0.15, -0.1) is 6.42 Å². The molecule has 0 saturated carbocycles. The third kappa shape index (κ3) is 4.31. The van der Waals surface area contributed by atoms with E-state index in [-0.39, 0.29) is 10.5 Å². The van der Waals surface area contributed by atoms with Crippen LogP contribution in [0.25, 0.3) is 0 Å². The van der Waals surface area contributed by atoms with Gasteiger partial charge in [0.05, 0.1) is 16.5 Å². The lowest BCUT2D eigenvalue weighted by Crippen LogP contribution is -2.34. The van der Waals surface area contributed by atoms with Crippen molar-refractivity contribution in [1.82, 2.24) is 4.72 Å². The second-order valence-corrected chi connectivity index (χ2v) is 6.29. The van der Waals surface area contributed by atoms with Crippen LogP contribution in [0.4, 0.5) is 0 Å². The molecular weight excluding hydrogens is 290 g/mol. The lowest BCUT2D eigenvalue weighted by Gasteiger charge is -2.15. The molecule has 0 spiro atoms. The summed E-state index contributed by atoms with van der Waals surface area (Å²) < 4.78 is 27.3. The van der Waals surface area contributed by atoms with Crippen LogP contribution < -0.4 is 4.72 Å². The van der Waals surface area contributed by atoms with Gasteiger partial charge in [-0.2, -0.15) is 4.72 Å². The first-order valence-corrected chi connectivity index (χ1v) is 8.18. The Kier molecular flexibility index (Phi) is 5.94. The van der Waals surface area contributed by atoms with E-state index in [9.17, 15) is 13.2 Å². The number of carbonyl (C=O) groups is 1. The number of benzene rings is 1. The molecule has 0 amide bonds. The molecule has 1 rings (SSSR count). The van der Waals surface area contributed by atoms with E-state index in [4.69, 9.17) is 11.5 Å². The molecule has 0 fully saturated rings. The Bertz CT molecular complexity index is 659. The van der Waals surface area contributed by atoms with Crippen LogP contribution in [0, 0.1) is 12.3 Å². The Morgan fingerprint density at radius 3 is 2.57 bits per heavy atom. The summed E-state index contributed by atoms with van der Waals surface area (Å²) in [4.78, 5) is 11.0. The molecule has 21 heavy (non-hydrogen) atoms. The zero-order valence-corrected chi connectivity index (χ0v) is 12.9. The van der Waals surface area contributed by atoms with Crippen molar-refractivity contribution in [3.05, 3.63) is 29.3 Å². The van der Waals surface area contributed by atoms with Crippen LogP contribution in [0.3, 0.4) is 0 Å². The molecule has 1 aromatic carbocycles. The molecule has 0 aliphatic rings. The molecule has 0 aliphatic carbocycles. The SMILES string of the molecule is C#CC(CCC)NS(=O)(=O)c1cc(C(=O)O)ccc1CC. The first-order valence-electron chi connectivity index (χ1n) is 6.70. The van der Waals surface area contributed by atoms with Crippen molar-refractivity contribution in [2.24, 2.45) is 0 Å². The van der Waals surface area contributed by atoms with Crippen molar-refractivity contribution in [2.75, 3.05) is 0 Å². The summed E-state index contributed by atoms with van der Waals surface area (Å²) in [5, 5.41) is 9.00. The van der Waals surface area contributed by atoms with Gasteiger partial charge in [0.1, 0.15) is 0 Å². The van der Waals surface area contributed by atoms with Crippen molar-refractivity contribution >= 4 is 16.0 Å². The topological polar surface area (TPSA) is 83.5 Å². The Balaban J connectivity index is 3.26. The molecule has 0 aliphatic heterocycles. The zero-order valence-electron chi connectivity index (χ0n) is 12.1. The Hall–Kier alpha value is -1.84. The van der Waals surface area contributed by atoms with E-state index in [1.165, 1.54) is 18.2 Å². The van der Waals surface area contributed by atoms with Crippen LogP contribution in [0.15, 0.2) is 23.1 Å². The fourth-order valence-corrected chi connectivity index (χ4v) is 3.47. The summed E-state index contributed by atoms with van der Waals surface area (Å²) in [5.74, 6) is 1.23. The van der Waals surface area contributed by atoms with Crippen LogP contribution in [0.1, 0.15) is 42.6 Å². The zero-order chi connectivity index (χ0) is 16.0. The summed E-state index contributed by atoms with van der Waals surface area (Å²) in [6, 6.07) is 3.48. The van der Waals surface area contributed by atoms with Crippen molar-refractivity contribution < 1.29 is 18.3 Å². The monoisotopic (exact) mass is 309 g/mol. The number of hydrogen-bond donors (Lipinski definition) is 2. The van der Waals surface area contributed by atoms with Gasteiger partial charge in [0, 0.05) is 0 Å². The minimum Gasteiger partial charge on any atom is -0.478 e. The summed E-state index contributed by atoms with van der Waals surface area (Å²) >= 11 is 0. The van der Waals surface area contributed by atoms with Gasteiger partial charge < -0.3 is 5.11 Å². The van der Waals surface area contributed by atoms with E-state index in [2.05, 4.69) is 10.6 Å². The fourth-order valence-electron chi connectivity index (χ4n) is 1.95. The van der Waals surface area contributed by atoms with Crippen LogP contribution in [0.5, 0.6) is 0 Å². The van der Waals surface area contributed by atoms with Gasteiger partial charge in [0.25, 0.3) is 0 Å². The third-order valence-electron chi connectivity index (χ3n) is 3.06. The van der Waals surface area contributed by atoms with Gasteiger partial charge in [-0.3, -0.25) is 0 Å².